The first-order chi connectivity index (χ1) is 15.0. The maximum absolute atomic E-state index is 13.8. The van der Waals surface area contributed by atoms with Gasteiger partial charge in [-0.15, -0.1) is 0 Å². The number of rotatable bonds is 4. The number of nitrogens with one attached hydrogen (secondary N) is 1. The quantitative estimate of drug-likeness (QED) is 0.577. The van der Waals surface area contributed by atoms with Gasteiger partial charge >= 0.3 is 5.97 Å². The van der Waals surface area contributed by atoms with Gasteiger partial charge in [-0.1, -0.05) is 18.2 Å². The minimum absolute atomic E-state index is 0.198. The van der Waals surface area contributed by atoms with E-state index in [2.05, 4.69) is 41.4 Å². The minimum atomic E-state index is -0.214. The summed E-state index contributed by atoms with van der Waals surface area (Å²) in [6, 6.07) is 15.5. The van der Waals surface area contributed by atoms with E-state index in [-0.39, 0.29) is 11.8 Å². The predicted molar refractivity (Wildman–Crippen MR) is 119 cm³/mol. The zero-order valence-electron chi connectivity index (χ0n) is 17.8. The van der Waals surface area contributed by atoms with E-state index >= 15 is 0 Å². The molecule has 0 atom stereocenters. The highest BCUT2D eigenvalue weighted by atomic mass is 19.1. The Labute approximate surface area is 181 Å². The van der Waals surface area contributed by atoms with Crippen LogP contribution < -0.4 is 5.32 Å². The van der Waals surface area contributed by atoms with Crippen molar-refractivity contribution in [2.75, 3.05) is 11.9 Å². The van der Waals surface area contributed by atoms with Gasteiger partial charge in [0.25, 0.3) is 0 Å². The number of benzene rings is 3. The number of carbonyl (C=O) groups excluding carboxylic acids is 1. The lowest BCUT2D eigenvalue weighted by Crippen LogP contribution is -2.30. The first-order valence-corrected chi connectivity index (χ1v) is 10.6. The summed E-state index contributed by atoms with van der Waals surface area (Å²) < 4.78 is 19.0. The van der Waals surface area contributed by atoms with Gasteiger partial charge in [0, 0.05) is 42.1 Å². The number of esters is 1. The van der Waals surface area contributed by atoms with Crippen molar-refractivity contribution < 1.29 is 13.9 Å². The summed E-state index contributed by atoms with van der Waals surface area (Å²) in [5, 5.41) is 3.36. The van der Waals surface area contributed by atoms with Crippen molar-refractivity contribution >= 4 is 17.3 Å². The van der Waals surface area contributed by atoms with Gasteiger partial charge in [0.1, 0.15) is 12.4 Å². The molecule has 2 heterocycles. The van der Waals surface area contributed by atoms with E-state index in [0.29, 0.717) is 17.7 Å². The largest absolute Gasteiger partial charge is 0.457 e. The molecular weight excluding hydrogens is 391 g/mol. The molecule has 0 saturated carbocycles. The molecule has 3 aromatic rings. The van der Waals surface area contributed by atoms with Crippen LogP contribution in [-0.4, -0.2) is 17.4 Å². The molecule has 0 bridgehead atoms. The molecule has 0 radical (unpaired) electrons. The molecule has 2 aliphatic rings. The van der Waals surface area contributed by atoms with Crippen LogP contribution in [0.15, 0.2) is 48.5 Å². The fourth-order valence-corrected chi connectivity index (χ4v) is 4.53. The van der Waals surface area contributed by atoms with Crippen molar-refractivity contribution in [3.05, 3.63) is 93.3 Å². The second-order valence-electron chi connectivity index (χ2n) is 8.43. The maximum Gasteiger partial charge on any atom is 0.338 e. The summed E-state index contributed by atoms with van der Waals surface area (Å²) in [5.41, 5.74) is 9.22. The van der Waals surface area contributed by atoms with Crippen LogP contribution in [0.2, 0.25) is 0 Å². The predicted octanol–water partition coefficient (Wildman–Crippen LogP) is 5.41. The summed E-state index contributed by atoms with van der Waals surface area (Å²) >= 11 is 0. The molecular formula is C26H25FN2O2. The highest BCUT2D eigenvalue weighted by molar-refractivity contribution is 5.93. The fourth-order valence-electron chi connectivity index (χ4n) is 4.53. The molecule has 0 amide bonds. The van der Waals surface area contributed by atoms with E-state index in [4.69, 9.17) is 4.74 Å². The van der Waals surface area contributed by atoms with E-state index in [1.165, 1.54) is 28.3 Å². The third kappa shape index (κ3) is 3.70. The van der Waals surface area contributed by atoms with Crippen LogP contribution in [0.3, 0.4) is 0 Å². The zero-order valence-corrected chi connectivity index (χ0v) is 17.8. The number of ether oxygens (including phenoxy) is 1. The van der Waals surface area contributed by atoms with Gasteiger partial charge in [-0.25, -0.2) is 9.18 Å². The third-order valence-corrected chi connectivity index (χ3v) is 6.52. The van der Waals surface area contributed by atoms with Gasteiger partial charge in [-0.05, 0) is 72.9 Å². The van der Waals surface area contributed by atoms with Crippen molar-refractivity contribution in [1.29, 1.82) is 0 Å². The molecule has 5 heteroatoms. The molecule has 1 N–H and O–H groups in total. The van der Waals surface area contributed by atoms with Crippen LogP contribution in [0, 0.1) is 19.7 Å². The van der Waals surface area contributed by atoms with E-state index in [9.17, 15) is 9.18 Å². The maximum atomic E-state index is 13.8. The molecule has 158 valence electrons. The Morgan fingerprint density at radius 1 is 1.06 bits per heavy atom. The fraction of sp³-hybridized carbons (Fsp3) is 0.269. The smallest absolute Gasteiger partial charge is 0.338 e. The van der Waals surface area contributed by atoms with Crippen LogP contribution in [0.1, 0.15) is 43.7 Å². The Balaban J connectivity index is 1.30. The van der Waals surface area contributed by atoms with Gasteiger partial charge in [-0.2, -0.15) is 0 Å². The van der Waals surface area contributed by atoms with Crippen LogP contribution in [0.5, 0.6) is 0 Å². The van der Waals surface area contributed by atoms with Gasteiger partial charge in [0.05, 0.1) is 5.56 Å². The van der Waals surface area contributed by atoms with Gasteiger partial charge in [-0.3, -0.25) is 4.90 Å². The van der Waals surface area contributed by atoms with Crippen molar-refractivity contribution in [2.45, 2.75) is 40.0 Å². The van der Waals surface area contributed by atoms with Crippen LogP contribution in [0.25, 0.3) is 0 Å². The van der Waals surface area contributed by atoms with Crippen LogP contribution >= 0.6 is 0 Å². The molecule has 0 aliphatic carbocycles. The lowest BCUT2D eigenvalue weighted by molar-refractivity contribution is 0.0535. The van der Waals surface area contributed by atoms with Crippen molar-refractivity contribution in [1.82, 2.24) is 4.90 Å². The normalized spacial score (nSPS) is 15.4. The second-order valence-corrected chi connectivity index (χ2v) is 8.43. The molecule has 31 heavy (non-hydrogen) atoms. The average molecular weight is 416 g/mol. The molecule has 0 saturated heterocycles. The van der Waals surface area contributed by atoms with E-state index in [0.717, 1.165) is 43.0 Å². The van der Waals surface area contributed by atoms with E-state index in [1.807, 2.05) is 12.1 Å². The number of cyclic esters (lactones) is 1. The van der Waals surface area contributed by atoms with Gasteiger partial charge in [0.15, 0.2) is 0 Å². The minimum Gasteiger partial charge on any atom is -0.457 e. The van der Waals surface area contributed by atoms with Crippen molar-refractivity contribution in [3.63, 3.8) is 0 Å². The van der Waals surface area contributed by atoms with Crippen LogP contribution in [-0.2, 0) is 30.9 Å². The Kier molecular flexibility index (Phi) is 4.98. The molecule has 0 fully saturated rings. The first kappa shape index (κ1) is 19.8. The average Bonchev–Trinajstić information content (AvgIpc) is 3.15. The topological polar surface area (TPSA) is 41.6 Å². The number of hydrogen-bond acceptors (Lipinski definition) is 4. The number of halogens is 1. The standard InChI is InChI=1S/C26H25FN2O2/c1-16-19(7-9-22-23(16)15-31-26(22)30)13-29-11-10-18-12-21(8-6-20(18)14-29)28-25-5-3-4-24(27)17(25)2/h3-9,12,28H,10-11,13-15H2,1-2H3. The Hall–Kier alpha value is -3.18. The summed E-state index contributed by atoms with van der Waals surface area (Å²) in [7, 11) is 0. The number of fused-ring (bicyclic) bond motifs is 2. The lowest BCUT2D eigenvalue weighted by atomic mass is 9.96. The Morgan fingerprint density at radius 2 is 1.94 bits per heavy atom. The molecule has 3 aromatic carbocycles. The third-order valence-electron chi connectivity index (χ3n) is 6.52. The van der Waals surface area contributed by atoms with E-state index in [1.54, 1.807) is 13.0 Å². The van der Waals surface area contributed by atoms with Gasteiger partial charge < -0.3 is 10.1 Å². The summed E-state index contributed by atoms with van der Waals surface area (Å²) in [6.45, 7) is 6.98. The summed E-state index contributed by atoms with van der Waals surface area (Å²) in [6.07, 6.45) is 0.971. The molecule has 0 spiro atoms. The van der Waals surface area contributed by atoms with Crippen molar-refractivity contribution in [2.24, 2.45) is 0 Å². The summed E-state index contributed by atoms with van der Waals surface area (Å²) in [5.74, 6) is -0.411. The van der Waals surface area contributed by atoms with Gasteiger partial charge in [0.2, 0.25) is 0 Å². The monoisotopic (exact) mass is 416 g/mol. The number of anilines is 2. The summed E-state index contributed by atoms with van der Waals surface area (Å²) in [4.78, 5) is 14.2. The van der Waals surface area contributed by atoms with Crippen LogP contribution in [0.4, 0.5) is 15.8 Å². The first-order valence-electron chi connectivity index (χ1n) is 10.6. The van der Waals surface area contributed by atoms with E-state index < -0.39 is 0 Å². The second kappa shape index (κ2) is 7.82. The van der Waals surface area contributed by atoms with Crippen molar-refractivity contribution in [3.8, 4) is 0 Å². The molecule has 0 unspecified atom stereocenters. The number of nitrogens with zero attached hydrogens (tertiary/aromatic N) is 1. The number of carbonyl (C=O) groups is 1. The molecule has 5 rings (SSSR count). The molecule has 2 aliphatic heterocycles. The molecule has 4 nitrogen and oxygen atoms in total. The lowest BCUT2D eigenvalue weighted by Gasteiger charge is -2.30. The highest BCUT2D eigenvalue weighted by Crippen LogP contribution is 2.30. The number of hydrogen-bond donors (Lipinski definition) is 1. The molecule has 0 aromatic heterocycles. The zero-order chi connectivity index (χ0) is 21.5. The Bertz CT molecular complexity index is 1190. The highest BCUT2D eigenvalue weighted by Gasteiger charge is 2.25. The SMILES string of the molecule is Cc1c(F)cccc1Nc1ccc2c(c1)CCN(Cc1ccc3c(c1C)COC3=O)C2. The Morgan fingerprint density at radius 3 is 2.81 bits per heavy atom.